The van der Waals surface area contributed by atoms with E-state index in [0.717, 1.165) is 17.8 Å². The average molecular weight is 154 g/mol. The first-order valence-electron chi connectivity index (χ1n) is 4.74. The second-order valence-corrected chi connectivity index (χ2v) is 3.82. The normalized spacial score (nSPS) is 16.5. The maximum Gasteiger partial charge on any atom is -0.0320 e. The molecule has 0 aromatic carbocycles. The highest BCUT2D eigenvalue weighted by Crippen LogP contribution is 2.26. The molecule has 0 fully saturated rings. The molecule has 0 spiro atoms. The highest BCUT2D eigenvalue weighted by molar-refractivity contribution is 4.78. The van der Waals surface area contributed by atoms with Gasteiger partial charge in [0.25, 0.3) is 0 Å². The van der Waals surface area contributed by atoms with Crippen LogP contribution in [-0.4, -0.2) is 0 Å². The molecule has 0 bridgehead atoms. The summed E-state index contributed by atoms with van der Waals surface area (Å²) in [5, 5.41) is 0. The van der Waals surface area contributed by atoms with Gasteiger partial charge in [-0.05, 0) is 24.2 Å². The molecular weight excluding hydrogens is 132 g/mol. The van der Waals surface area contributed by atoms with Crippen molar-refractivity contribution in [3.8, 4) is 0 Å². The zero-order valence-electron chi connectivity index (χ0n) is 8.43. The summed E-state index contributed by atoms with van der Waals surface area (Å²) in [5.41, 5.74) is 0. The second-order valence-electron chi connectivity index (χ2n) is 3.82. The van der Waals surface area contributed by atoms with E-state index in [1.165, 1.54) is 12.8 Å². The van der Waals surface area contributed by atoms with Crippen molar-refractivity contribution in [2.24, 2.45) is 17.8 Å². The Balaban J connectivity index is 3.96. The Morgan fingerprint density at radius 1 is 1.27 bits per heavy atom. The molecule has 0 saturated heterocycles. The molecular formula is C11H22. The molecule has 0 rings (SSSR count). The molecule has 0 N–H and O–H groups in total. The van der Waals surface area contributed by atoms with Crippen LogP contribution in [0.2, 0.25) is 0 Å². The fourth-order valence-electron chi connectivity index (χ4n) is 1.66. The van der Waals surface area contributed by atoms with Crippen LogP contribution in [0.25, 0.3) is 0 Å². The van der Waals surface area contributed by atoms with Crippen LogP contribution in [0.5, 0.6) is 0 Å². The van der Waals surface area contributed by atoms with E-state index in [4.69, 9.17) is 0 Å². The highest BCUT2D eigenvalue weighted by Gasteiger charge is 2.17. The highest BCUT2D eigenvalue weighted by atomic mass is 14.2. The lowest BCUT2D eigenvalue weighted by Crippen LogP contribution is -2.16. The lowest BCUT2D eigenvalue weighted by atomic mass is 9.81. The first-order valence-corrected chi connectivity index (χ1v) is 4.74. The average Bonchev–Trinajstić information content (AvgIpc) is 1.98. The smallest absolute Gasteiger partial charge is 0.0320 e. The Hall–Kier alpha value is -0.260. The third kappa shape index (κ3) is 3.60. The lowest BCUT2D eigenvalue weighted by molar-refractivity contribution is 0.267. The predicted molar refractivity (Wildman–Crippen MR) is 52.6 cm³/mol. The fraction of sp³-hybridized carbons (Fsp3) is 0.818. The summed E-state index contributed by atoms with van der Waals surface area (Å²) in [6, 6.07) is 0. The molecule has 0 nitrogen and oxygen atoms in total. The predicted octanol–water partition coefficient (Wildman–Crippen LogP) is 3.88. The van der Waals surface area contributed by atoms with Crippen molar-refractivity contribution in [2.45, 2.75) is 40.5 Å². The van der Waals surface area contributed by atoms with Crippen LogP contribution in [0.15, 0.2) is 12.7 Å². The Labute approximate surface area is 71.7 Å². The number of allylic oxidation sites excluding steroid dienone is 1. The van der Waals surface area contributed by atoms with Gasteiger partial charge in [-0.2, -0.15) is 0 Å². The summed E-state index contributed by atoms with van der Waals surface area (Å²) < 4.78 is 0. The number of rotatable bonds is 5. The molecule has 0 radical (unpaired) electrons. The van der Waals surface area contributed by atoms with Crippen molar-refractivity contribution in [2.75, 3.05) is 0 Å². The van der Waals surface area contributed by atoms with Gasteiger partial charge < -0.3 is 0 Å². The standard InChI is InChI=1S/C11H22/c1-6-8-11(9(3)4)10(5)7-2/h6,9-11H,1,7-8H2,2-5H3/t10-,11-/m0/s1. The van der Waals surface area contributed by atoms with Crippen LogP contribution in [0.4, 0.5) is 0 Å². The van der Waals surface area contributed by atoms with Gasteiger partial charge in [0.15, 0.2) is 0 Å². The summed E-state index contributed by atoms with van der Waals surface area (Å²) in [6.07, 6.45) is 4.51. The van der Waals surface area contributed by atoms with E-state index in [1.54, 1.807) is 0 Å². The van der Waals surface area contributed by atoms with Crippen molar-refractivity contribution in [1.29, 1.82) is 0 Å². The van der Waals surface area contributed by atoms with Gasteiger partial charge in [-0.1, -0.05) is 40.2 Å². The summed E-state index contributed by atoms with van der Waals surface area (Å²) in [6.45, 7) is 13.0. The fourth-order valence-corrected chi connectivity index (χ4v) is 1.66. The van der Waals surface area contributed by atoms with Gasteiger partial charge in [0, 0.05) is 0 Å². The topological polar surface area (TPSA) is 0 Å². The van der Waals surface area contributed by atoms with Crippen molar-refractivity contribution in [3.63, 3.8) is 0 Å². The molecule has 0 unspecified atom stereocenters. The van der Waals surface area contributed by atoms with Crippen molar-refractivity contribution < 1.29 is 0 Å². The van der Waals surface area contributed by atoms with E-state index in [-0.39, 0.29) is 0 Å². The minimum Gasteiger partial charge on any atom is -0.103 e. The zero-order valence-corrected chi connectivity index (χ0v) is 8.43. The van der Waals surface area contributed by atoms with Gasteiger partial charge >= 0.3 is 0 Å². The van der Waals surface area contributed by atoms with Crippen LogP contribution in [0.3, 0.4) is 0 Å². The minimum atomic E-state index is 0.794. The van der Waals surface area contributed by atoms with Crippen LogP contribution in [0.1, 0.15) is 40.5 Å². The molecule has 0 amide bonds. The third-order valence-corrected chi connectivity index (χ3v) is 2.67. The Morgan fingerprint density at radius 3 is 2.09 bits per heavy atom. The van der Waals surface area contributed by atoms with Gasteiger partial charge in [-0.3, -0.25) is 0 Å². The SMILES string of the molecule is C=CC[C@@H](C(C)C)[C@@H](C)CC. The molecule has 0 aliphatic heterocycles. The van der Waals surface area contributed by atoms with E-state index in [1.807, 2.05) is 0 Å². The Bertz CT molecular complexity index is 103. The molecule has 2 atom stereocenters. The van der Waals surface area contributed by atoms with Gasteiger partial charge in [-0.25, -0.2) is 0 Å². The van der Waals surface area contributed by atoms with Crippen LogP contribution in [0, 0.1) is 17.8 Å². The molecule has 0 aliphatic carbocycles. The lowest BCUT2D eigenvalue weighted by Gasteiger charge is -2.25. The molecule has 11 heavy (non-hydrogen) atoms. The molecule has 0 aliphatic rings. The Morgan fingerprint density at radius 2 is 1.82 bits per heavy atom. The van der Waals surface area contributed by atoms with Crippen LogP contribution in [-0.2, 0) is 0 Å². The zero-order chi connectivity index (χ0) is 8.85. The minimum absolute atomic E-state index is 0.794. The Kier molecular flexibility index (Phi) is 5.27. The maximum absolute atomic E-state index is 3.80. The van der Waals surface area contributed by atoms with E-state index in [0.29, 0.717) is 0 Å². The second kappa shape index (κ2) is 5.40. The number of hydrogen-bond acceptors (Lipinski definition) is 0. The number of hydrogen-bond donors (Lipinski definition) is 0. The van der Waals surface area contributed by atoms with Crippen molar-refractivity contribution in [3.05, 3.63) is 12.7 Å². The van der Waals surface area contributed by atoms with Gasteiger partial charge in [0.2, 0.25) is 0 Å². The van der Waals surface area contributed by atoms with Gasteiger partial charge in [0.1, 0.15) is 0 Å². The van der Waals surface area contributed by atoms with E-state index >= 15 is 0 Å². The summed E-state index contributed by atoms with van der Waals surface area (Å²) in [5.74, 6) is 2.47. The molecule has 66 valence electrons. The quantitative estimate of drug-likeness (QED) is 0.527. The maximum atomic E-state index is 3.80. The van der Waals surface area contributed by atoms with Crippen LogP contribution >= 0.6 is 0 Å². The molecule has 0 heterocycles. The summed E-state index contributed by atoms with van der Waals surface area (Å²) in [4.78, 5) is 0. The van der Waals surface area contributed by atoms with Gasteiger partial charge in [-0.15, -0.1) is 6.58 Å². The molecule has 0 heteroatoms. The monoisotopic (exact) mass is 154 g/mol. The first kappa shape index (κ1) is 10.7. The van der Waals surface area contributed by atoms with E-state index in [2.05, 4.69) is 40.3 Å². The molecule has 0 saturated carbocycles. The van der Waals surface area contributed by atoms with Crippen LogP contribution < -0.4 is 0 Å². The summed E-state index contributed by atoms with van der Waals surface area (Å²) >= 11 is 0. The molecule has 0 aromatic heterocycles. The first-order chi connectivity index (χ1) is 5.13. The summed E-state index contributed by atoms with van der Waals surface area (Å²) in [7, 11) is 0. The largest absolute Gasteiger partial charge is 0.103 e. The van der Waals surface area contributed by atoms with E-state index < -0.39 is 0 Å². The third-order valence-electron chi connectivity index (χ3n) is 2.67. The van der Waals surface area contributed by atoms with Crippen molar-refractivity contribution >= 4 is 0 Å². The van der Waals surface area contributed by atoms with Gasteiger partial charge in [0.05, 0.1) is 0 Å². The van der Waals surface area contributed by atoms with Crippen molar-refractivity contribution in [1.82, 2.24) is 0 Å². The van der Waals surface area contributed by atoms with E-state index in [9.17, 15) is 0 Å². The molecule has 0 aromatic rings.